The van der Waals surface area contributed by atoms with Gasteiger partial charge in [-0.05, 0) is 12.1 Å². The number of hydrogen-bond donors (Lipinski definition) is 3. The highest BCUT2D eigenvalue weighted by Crippen LogP contribution is 2.27. The molecule has 156 valence electrons. The minimum atomic E-state index is -3.39. The molecule has 0 atom stereocenters. The zero-order valence-electron chi connectivity index (χ0n) is 16.3. The average molecular weight is 428 g/mol. The van der Waals surface area contributed by atoms with Gasteiger partial charge >= 0.3 is 0 Å². The van der Waals surface area contributed by atoms with E-state index in [9.17, 15) is 8.42 Å². The first-order valence-electron chi connectivity index (χ1n) is 8.99. The molecular weight excluding hydrogens is 408 g/mol. The van der Waals surface area contributed by atoms with Crippen LogP contribution in [0.25, 0.3) is 22.4 Å². The van der Waals surface area contributed by atoms with Gasteiger partial charge in [-0.3, -0.25) is 14.5 Å². The van der Waals surface area contributed by atoms with E-state index >= 15 is 0 Å². The van der Waals surface area contributed by atoms with Crippen molar-refractivity contribution in [3.05, 3.63) is 42.9 Å². The summed E-state index contributed by atoms with van der Waals surface area (Å²) in [6, 6.07) is 6.88. The molecule has 30 heavy (non-hydrogen) atoms. The molecule has 3 N–H and O–H groups in total. The molecule has 12 heteroatoms. The summed E-state index contributed by atoms with van der Waals surface area (Å²) in [5.74, 6) is 0.954. The second kappa shape index (κ2) is 8.08. The van der Waals surface area contributed by atoms with Gasteiger partial charge in [-0.2, -0.15) is 10.2 Å². The summed E-state index contributed by atoms with van der Waals surface area (Å²) in [5.41, 5.74) is 3.11. The molecule has 0 bridgehead atoms. The summed E-state index contributed by atoms with van der Waals surface area (Å²) >= 11 is 0. The molecule has 0 aliphatic rings. The summed E-state index contributed by atoms with van der Waals surface area (Å²) in [5, 5.41) is 14.5. The van der Waals surface area contributed by atoms with E-state index in [-0.39, 0.29) is 0 Å². The maximum atomic E-state index is 11.5. The first-order chi connectivity index (χ1) is 14.4. The quantitative estimate of drug-likeness (QED) is 0.387. The summed E-state index contributed by atoms with van der Waals surface area (Å²) in [6.07, 6.45) is 6.24. The Morgan fingerprint density at radius 1 is 1.20 bits per heavy atom. The molecule has 0 saturated carbocycles. The number of aromatic nitrogens is 6. The van der Waals surface area contributed by atoms with Crippen molar-refractivity contribution in [1.82, 2.24) is 29.9 Å². The fourth-order valence-corrected chi connectivity index (χ4v) is 3.42. The molecule has 1 aromatic carbocycles. The summed E-state index contributed by atoms with van der Waals surface area (Å²) in [6.45, 7) is 1.19. The number of hydrogen-bond acceptors (Lipinski definition) is 8. The summed E-state index contributed by atoms with van der Waals surface area (Å²) in [7, 11) is -1.75. The van der Waals surface area contributed by atoms with Gasteiger partial charge in [0.2, 0.25) is 10.0 Å². The van der Waals surface area contributed by atoms with Crippen LogP contribution in [0, 0.1) is 0 Å². The third-order valence-electron chi connectivity index (χ3n) is 4.14. The number of rotatable bonds is 8. The highest BCUT2D eigenvalue weighted by atomic mass is 32.2. The summed E-state index contributed by atoms with van der Waals surface area (Å²) in [4.78, 5) is 9.15. The number of ether oxygens (including phenoxy) is 1. The minimum Gasteiger partial charge on any atom is -0.383 e. The van der Waals surface area contributed by atoms with Gasteiger partial charge < -0.3 is 10.1 Å². The Labute approximate surface area is 172 Å². The molecule has 0 aliphatic carbocycles. The lowest BCUT2D eigenvalue weighted by atomic mass is 10.2. The topological polar surface area (TPSA) is 140 Å². The molecule has 4 rings (SSSR count). The SMILES string of the molecule is COCCn1cc(Nc2nc(-c3cccc(NS(C)(=O)=O)c3)nc3cn[nH]c23)cn1. The smallest absolute Gasteiger partial charge is 0.229 e. The molecule has 0 aliphatic heterocycles. The molecule has 0 amide bonds. The maximum Gasteiger partial charge on any atom is 0.229 e. The van der Waals surface area contributed by atoms with Crippen LogP contribution in [0.4, 0.5) is 17.2 Å². The van der Waals surface area contributed by atoms with Crippen LogP contribution in [0.5, 0.6) is 0 Å². The lowest BCUT2D eigenvalue weighted by Crippen LogP contribution is -2.09. The lowest BCUT2D eigenvalue weighted by Gasteiger charge is -2.09. The third-order valence-corrected chi connectivity index (χ3v) is 4.75. The molecule has 3 heterocycles. The molecule has 0 fully saturated rings. The number of aromatic amines is 1. The zero-order chi connectivity index (χ0) is 21.1. The predicted molar refractivity (Wildman–Crippen MR) is 113 cm³/mol. The van der Waals surface area contributed by atoms with Gasteiger partial charge in [0.15, 0.2) is 11.6 Å². The lowest BCUT2D eigenvalue weighted by molar-refractivity contribution is 0.183. The number of methoxy groups -OCH3 is 1. The van der Waals surface area contributed by atoms with E-state index in [0.717, 1.165) is 11.9 Å². The van der Waals surface area contributed by atoms with Crippen LogP contribution in [0.3, 0.4) is 0 Å². The van der Waals surface area contributed by atoms with Crippen molar-refractivity contribution in [2.24, 2.45) is 0 Å². The summed E-state index contributed by atoms with van der Waals surface area (Å²) < 4.78 is 32.4. The number of benzene rings is 1. The molecule has 0 spiro atoms. The van der Waals surface area contributed by atoms with E-state index in [1.165, 1.54) is 0 Å². The average Bonchev–Trinajstić information content (AvgIpc) is 3.34. The number of anilines is 3. The molecular formula is C18H20N8O3S. The second-order valence-electron chi connectivity index (χ2n) is 6.59. The van der Waals surface area contributed by atoms with Gasteiger partial charge in [0.05, 0.1) is 37.5 Å². The van der Waals surface area contributed by atoms with Crippen LogP contribution in [0.15, 0.2) is 42.9 Å². The van der Waals surface area contributed by atoms with Crippen LogP contribution in [0.2, 0.25) is 0 Å². The molecule has 0 unspecified atom stereocenters. The fourth-order valence-electron chi connectivity index (χ4n) is 2.87. The third kappa shape index (κ3) is 4.55. The van der Waals surface area contributed by atoms with Crippen molar-refractivity contribution >= 4 is 38.2 Å². The van der Waals surface area contributed by atoms with Gasteiger partial charge in [0.1, 0.15) is 11.0 Å². The molecule has 0 saturated heterocycles. The molecule has 0 radical (unpaired) electrons. The Balaban J connectivity index is 1.68. The molecule has 3 aromatic heterocycles. The Hall–Kier alpha value is -3.51. The monoisotopic (exact) mass is 428 g/mol. The maximum absolute atomic E-state index is 11.5. The number of sulfonamides is 1. The molecule has 11 nitrogen and oxygen atoms in total. The van der Waals surface area contributed by atoms with Gasteiger partial charge in [0.25, 0.3) is 0 Å². The first kappa shape index (κ1) is 19.8. The number of H-pyrrole nitrogens is 1. The van der Waals surface area contributed by atoms with Crippen molar-refractivity contribution in [2.75, 3.05) is 30.0 Å². The van der Waals surface area contributed by atoms with Gasteiger partial charge in [0, 0.05) is 24.6 Å². The van der Waals surface area contributed by atoms with Crippen LogP contribution < -0.4 is 10.0 Å². The highest BCUT2D eigenvalue weighted by molar-refractivity contribution is 7.92. The van der Waals surface area contributed by atoms with E-state index in [1.807, 2.05) is 6.20 Å². The fraction of sp³-hybridized carbons (Fsp3) is 0.222. The van der Waals surface area contributed by atoms with E-state index in [0.29, 0.717) is 47.1 Å². The van der Waals surface area contributed by atoms with E-state index < -0.39 is 10.0 Å². The van der Waals surface area contributed by atoms with Crippen LogP contribution >= 0.6 is 0 Å². The van der Waals surface area contributed by atoms with Crippen molar-refractivity contribution < 1.29 is 13.2 Å². The van der Waals surface area contributed by atoms with Gasteiger partial charge in [-0.15, -0.1) is 0 Å². The van der Waals surface area contributed by atoms with Crippen molar-refractivity contribution in [1.29, 1.82) is 0 Å². The minimum absolute atomic E-state index is 0.426. The Morgan fingerprint density at radius 2 is 2.07 bits per heavy atom. The van der Waals surface area contributed by atoms with Crippen molar-refractivity contribution in [3.8, 4) is 11.4 Å². The Kier molecular flexibility index (Phi) is 5.33. The van der Waals surface area contributed by atoms with E-state index in [2.05, 4.69) is 35.3 Å². The van der Waals surface area contributed by atoms with Crippen molar-refractivity contribution in [3.63, 3.8) is 0 Å². The zero-order valence-corrected chi connectivity index (χ0v) is 17.1. The van der Waals surface area contributed by atoms with Crippen LogP contribution in [-0.2, 0) is 21.3 Å². The van der Waals surface area contributed by atoms with Gasteiger partial charge in [-0.25, -0.2) is 18.4 Å². The van der Waals surface area contributed by atoms with E-state index in [1.54, 1.807) is 48.5 Å². The molecule has 4 aromatic rings. The predicted octanol–water partition coefficient (Wildman–Crippen LogP) is 1.98. The van der Waals surface area contributed by atoms with E-state index in [4.69, 9.17) is 4.74 Å². The number of nitrogens with zero attached hydrogens (tertiary/aromatic N) is 5. The van der Waals surface area contributed by atoms with Crippen molar-refractivity contribution in [2.45, 2.75) is 6.54 Å². The highest BCUT2D eigenvalue weighted by Gasteiger charge is 2.13. The number of fused-ring (bicyclic) bond motifs is 1. The van der Waals surface area contributed by atoms with Gasteiger partial charge in [-0.1, -0.05) is 12.1 Å². The largest absolute Gasteiger partial charge is 0.383 e. The van der Waals surface area contributed by atoms with Crippen LogP contribution in [0.1, 0.15) is 0 Å². The second-order valence-corrected chi connectivity index (χ2v) is 8.34. The normalized spacial score (nSPS) is 11.7. The Morgan fingerprint density at radius 3 is 2.87 bits per heavy atom. The first-order valence-corrected chi connectivity index (χ1v) is 10.9. The number of nitrogens with one attached hydrogen (secondary N) is 3. The Bertz CT molecular complexity index is 1280. The van der Waals surface area contributed by atoms with Crippen LogP contribution in [-0.4, -0.2) is 58.3 Å². The standard InChI is InChI=1S/C18H20N8O3S/c1-29-7-6-26-11-14(9-20-26)21-18-16-15(10-19-24-16)22-17(23-18)12-4-3-5-13(8-12)25-30(2,27)28/h3-5,8-11,25H,6-7H2,1-2H3,(H,19,24)(H,21,22,23).